The first-order valence-corrected chi connectivity index (χ1v) is 13.1. The molecule has 0 spiro atoms. The number of allylic oxidation sites excluding steroid dienone is 1. The summed E-state index contributed by atoms with van der Waals surface area (Å²) in [5, 5.41) is 7.55. The lowest BCUT2D eigenvalue weighted by molar-refractivity contribution is -0.109. The highest BCUT2D eigenvalue weighted by molar-refractivity contribution is 5.94. The number of carbonyl (C=O) groups is 2. The first kappa shape index (κ1) is 29.9. The number of anilines is 4. The molecule has 0 amide bonds. The lowest BCUT2D eigenvalue weighted by atomic mass is 10.0. The van der Waals surface area contributed by atoms with Crippen LogP contribution in [0.1, 0.15) is 0 Å². The van der Waals surface area contributed by atoms with E-state index in [0.29, 0.717) is 18.8 Å². The molecule has 2 heterocycles. The van der Waals surface area contributed by atoms with Gasteiger partial charge in [-0.25, -0.2) is 9.97 Å². The summed E-state index contributed by atoms with van der Waals surface area (Å²) >= 11 is 0. The quantitative estimate of drug-likeness (QED) is 0.222. The lowest BCUT2D eigenvalue weighted by Gasteiger charge is -2.35. The molecule has 9 heteroatoms. The Labute approximate surface area is 235 Å². The summed E-state index contributed by atoms with van der Waals surface area (Å²) in [6.45, 7) is 7.29. The molecule has 1 aliphatic rings. The molecule has 0 saturated carbocycles. The molecule has 3 aromatic carbocycles. The van der Waals surface area contributed by atoms with Crippen molar-refractivity contribution in [3.8, 4) is 11.1 Å². The van der Waals surface area contributed by atoms with E-state index in [0.717, 1.165) is 65.9 Å². The van der Waals surface area contributed by atoms with Gasteiger partial charge in [0.15, 0.2) is 0 Å². The molecule has 0 unspecified atom stereocenters. The van der Waals surface area contributed by atoms with Gasteiger partial charge in [0.25, 0.3) is 0 Å². The summed E-state index contributed by atoms with van der Waals surface area (Å²) in [5.41, 5.74) is 10.8. The van der Waals surface area contributed by atoms with E-state index in [9.17, 15) is 4.79 Å². The molecule has 5 rings (SSSR count). The van der Waals surface area contributed by atoms with Crippen LogP contribution in [0.15, 0.2) is 85.6 Å². The fourth-order valence-corrected chi connectivity index (χ4v) is 4.37. The summed E-state index contributed by atoms with van der Waals surface area (Å²) in [6, 6.07) is 22.8. The normalized spacial score (nSPS) is 12.7. The van der Waals surface area contributed by atoms with Crippen LogP contribution in [0.2, 0.25) is 0 Å². The van der Waals surface area contributed by atoms with E-state index in [1.54, 1.807) is 0 Å². The maximum absolute atomic E-state index is 10.7. The van der Waals surface area contributed by atoms with Gasteiger partial charge in [-0.05, 0) is 55.1 Å². The molecule has 4 N–H and O–H groups in total. The Morgan fingerprint density at radius 1 is 0.950 bits per heavy atom. The highest BCUT2D eigenvalue weighted by Gasteiger charge is 2.16. The van der Waals surface area contributed by atoms with Crippen molar-refractivity contribution in [3.05, 3.63) is 85.6 Å². The molecular weight excluding hydrogens is 502 g/mol. The van der Waals surface area contributed by atoms with Crippen LogP contribution in [0.5, 0.6) is 0 Å². The third-order valence-corrected chi connectivity index (χ3v) is 6.36. The van der Waals surface area contributed by atoms with E-state index in [1.807, 2.05) is 37.5 Å². The van der Waals surface area contributed by atoms with Gasteiger partial charge in [-0.15, -0.1) is 0 Å². The van der Waals surface area contributed by atoms with Crippen molar-refractivity contribution in [2.75, 3.05) is 62.4 Å². The second kappa shape index (κ2) is 15.7. The average Bonchev–Trinajstić information content (AvgIpc) is 3.03. The van der Waals surface area contributed by atoms with Gasteiger partial charge < -0.3 is 26.1 Å². The van der Waals surface area contributed by atoms with Gasteiger partial charge in [0.2, 0.25) is 5.95 Å². The number of para-hydroxylation sites is 1. The Balaban J connectivity index is 0.000000677. The molecule has 0 radical (unpaired) electrons. The van der Waals surface area contributed by atoms with Crippen molar-refractivity contribution in [2.45, 2.75) is 0 Å². The highest BCUT2D eigenvalue weighted by atomic mass is 16.1. The first-order chi connectivity index (χ1) is 19.6. The number of rotatable bonds is 8. The minimum atomic E-state index is 0.519. The molecule has 1 aliphatic heterocycles. The fraction of sp³-hybridized carbons (Fsp3) is 0.226. The minimum absolute atomic E-state index is 0.519. The van der Waals surface area contributed by atoms with Crippen molar-refractivity contribution >= 4 is 46.5 Å². The second-order valence-corrected chi connectivity index (χ2v) is 8.77. The SMILES string of the molecule is C=CC=O.CN.CNc1cccc(-c2cccc3cnc(Nc4ccc(N5CCN(CC=O)CC5)cc4)nc23)c1. The summed E-state index contributed by atoms with van der Waals surface area (Å²) in [4.78, 5) is 33.7. The third kappa shape index (κ3) is 7.95. The average molecular weight is 540 g/mol. The van der Waals surface area contributed by atoms with Crippen molar-refractivity contribution < 1.29 is 9.59 Å². The summed E-state index contributed by atoms with van der Waals surface area (Å²) in [7, 11) is 3.42. The molecule has 1 fully saturated rings. The van der Waals surface area contributed by atoms with Gasteiger partial charge in [0.05, 0.1) is 12.1 Å². The fourth-order valence-electron chi connectivity index (χ4n) is 4.37. The lowest BCUT2D eigenvalue weighted by Crippen LogP contribution is -2.46. The van der Waals surface area contributed by atoms with Gasteiger partial charge in [-0.2, -0.15) is 0 Å². The number of hydrogen-bond acceptors (Lipinski definition) is 9. The minimum Gasteiger partial charge on any atom is -0.388 e. The van der Waals surface area contributed by atoms with E-state index < -0.39 is 0 Å². The number of aromatic nitrogens is 2. The van der Waals surface area contributed by atoms with E-state index in [1.165, 1.54) is 18.8 Å². The third-order valence-electron chi connectivity index (χ3n) is 6.36. The largest absolute Gasteiger partial charge is 0.388 e. The van der Waals surface area contributed by atoms with Crippen molar-refractivity contribution in [1.29, 1.82) is 0 Å². The topological polar surface area (TPSA) is 116 Å². The highest BCUT2D eigenvalue weighted by Crippen LogP contribution is 2.30. The zero-order valence-electron chi connectivity index (χ0n) is 23.1. The summed E-state index contributed by atoms with van der Waals surface area (Å²) < 4.78 is 0. The molecule has 0 aliphatic carbocycles. The maximum Gasteiger partial charge on any atom is 0.227 e. The van der Waals surface area contributed by atoms with Crippen LogP contribution in [-0.4, -0.2) is 74.3 Å². The predicted molar refractivity (Wildman–Crippen MR) is 165 cm³/mol. The van der Waals surface area contributed by atoms with Crippen molar-refractivity contribution in [3.63, 3.8) is 0 Å². The number of aldehydes is 2. The Morgan fingerprint density at radius 2 is 1.65 bits per heavy atom. The smallest absolute Gasteiger partial charge is 0.227 e. The van der Waals surface area contributed by atoms with Gasteiger partial charge in [0.1, 0.15) is 12.6 Å². The van der Waals surface area contributed by atoms with Crippen LogP contribution in [0.25, 0.3) is 22.0 Å². The van der Waals surface area contributed by atoms with Crippen LogP contribution < -0.4 is 21.3 Å². The number of piperazine rings is 1. The van der Waals surface area contributed by atoms with Crippen LogP contribution in [0, 0.1) is 0 Å². The number of carbonyl (C=O) groups excluding carboxylic acids is 2. The Kier molecular flexibility index (Phi) is 11.8. The number of fused-ring (bicyclic) bond motifs is 1. The first-order valence-electron chi connectivity index (χ1n) is 13.1. The number of nitrogens with zero attached hydrogens (tertiary/aromatic N) is 4. The zero-order valence-corrected chi connectivity index (χ0v) is 23.1. The number of benzene rings is 3. The second-order valence-electron chi connectivity index (χ2n) is 8.77. The molecule has 208 valence electrons. The van der Waals surface area contributed by atoms with Gasteiger partial charge in [-0.1, -0.05) is 36.9 Å². The van der Waals surface area contributed by atoms with Crippen LogP contribution >= 0.6 is 0 Å². The van der Waals surface area contributed by atoms with E-state index in [4.69, 9.17) is 9.78 Å². The van der Waals surface area contributed by atoms with E-state index in [2.05, 4.69) is 80.2 Å². The van der Waals surface area contributed by atoms with Crippen LogP contribution in [0.4, 0.5) is 23.0 Å². The summed E-state index contributed by atoms with van der Waals surface area (Å²) in [5.74, 6) is 0.569. The molecule has 1 saturated heterocycles. The van der Waals surface area contributed by atoms with Gasteiger partial charge in [0, 0.05) is 67.4 Å². The molecule has 0 atom stereocenters. The van der Waals surface area contributed by atoms with E-state index in [-0.39, 0.29) is 0 Å². The molecule has 0 bridgehead atoms. The Bertz CT molecular complexity index is 1380. The number of hydrogen-bond donors (Lipinski definition) is 3. The van der Waals surface area contributed by atoms with Gasteiger partial charge in [-0.3, -0.25) is 9.69 Å². The predicted octanol–water partition coefficient (Wildman–Crippen LogP) is 4.35. The Morgan fingerprint density at radius 3 is 2.30 bits per heavy atom. The standard InChI is InChI=1S/C27H28N6O.C3H4O.CH5N/c1-28-23-6-2-4-20(18-23)25-7-3-5-21-19-29-27(31-26(21)25)30-22-8-10-24(11-9-22)33-14-12-32(13-15-33)16-17-34;1-2-3-4;1-2/h2-11,17-19,28H,12-16H2,1H3,(H,29,30,31);2-3H,1H2;2H2,1H3. The van der Waals surface area contributed by atoms with Crippen LogP contribution in [0.3, 0.4) is 0 Å². The molecule has 9 nitrogen and oxygen atoms in total. The van der Waals surface area contributed by atoms with E-state index >= 15 is 0 Å². The number of nitrogens with two attached hydrogens (primary N) is 1. The molecular formula is C31H37N7O2. The Hall–Kier alpha value is -4.60. The van der Waals surface area contributed by atoms with Gasteiger partial charge >= 0.3 is 0 Å². The summed E-state index contributed by atoms with van der Waals surface area (Å²) in [6.07, 6.45) is 4.68. The molecule has 4 aromatic rings. The van der Waals surface area contributed by atoms with Crippen LogP contribution in [-0.2, 0) is 9.59 Å². The zero-order chi connectivity index (χ0) is 28.7. The molecule has 40 heavy (non-hydrogen) atoms. The van der Waals surface area contributed by atoms with Crippen molar-refractivity contribution in [2.24, 2.45) is 5.73 Å². The maximum atomic E-state index is 10.7. The number of nitrogens with one attached hydrogen (secondary N) is 2. The van der Waals surface area contributed by atoms with Crippen molar-refractivity contribution in [1.82, 2.24) is 14.9 Å². The monoisotopic (exact) mass is 539 g/mol. The molecule has 1 aromatic heterocycles.